The molecule has 0 spiro atoms. The van der Waals surface area contributed by atoms with Crippen LogP contribution in [0.25, 0.3) is 0 Å². The summed E-state index contributed by atoms with van der Waals surface area (Å²) in [5.74, 6) is 0.508. The molecule has 2 aromatic rings. The van der Waals surface area contributed by atoms with Gasteiger partial charge >= 0.3 is 0 Å². The van der Waals surface area contributed by atoms with Crippen molar-refractivity contribution in [2.24, 2.45) is 0 Å². The minimum Gasteiger partial charge on any atom is -0.326 e. The van der Waals surface area contributed by atoms with E-state index in [2.05, 4.69) is 12.2 Å². The number of ketones is 1. The molecule has 1 N–H and O–H groups in total. The molecule has 0 bridgehead atoms. The van der Waals surface area contributed by atoms with Gasteiger partial charge in [-0.1, -0.05) is 6.92 Å². The third-order valence-electron chi connectivity index (χ3n) is 2.83. The first-order valence-corrected chi connectivity index (χ1v) is 8.51. The highest BCUT2D eigenvalue weighted by Gasteiger charge is 2.09. The Balaban J connectivity index is 1.90. The lowest BCUT2D eigenvalue weighted by Crippen LogP contribution is -2.05. The van der Waals surface area contributed by atoms with E-state index in [1.165, 1.54) is 23.6 Å². The van der Waals surface area contributed by atoms with Crippen molar-refractivity contribution in [3.8, 4) is 0 Å². The summed E-state index contributed by atoms with van der Waals surface area (Å²) in [5.41, 5.74) is 0.768. The summed E-state index contributed by atoms with van der Waals surface area (Å²) in [6, 6.07) is 11.4. The van der Waals surface area contributed by atoms with Crippen LogP contribution in [0.3, 0.4) is 0 Å². The monoisotopic (exact) mass is 319 g/mol. The Morgan fingerprint density at radius 1 is 1.14 bits per heavy atom. The second-order valence-electron chi connectivity index (χ2n) is 4.54. The van der Waals surface area contributed by atoms with E-state index in [0.717, 1.165) is 21.9 Å². The van der Waals surface area contributed by atoms with Gasteiger partial charge in [0.2, 0.25) is 5.91 Å². The van der Waals surface area contributed by atoms with Crippen molar-refractivity contribution in [2.75, 3.05) is 11.1 Å². The molecule has 0 fully saturated rings. The van der Waals surface area contributed by atoms with Crippen LogP contribution in [0.4, 0.5) is 5.69 Å². The van der Waals surface area contributed by atoms with Gasteiger partial charge in [0.1, 0.15) is 0 Å². The zero-order valence-corrected chi connectivity index (χ0v) is 13.6. The fraction of sp³-hybridized carbons (Fsp3) is 0.250. The molecule has 1 aromatic heterocycles. The van der Waals surface area contributed by atoms with Gasteiger partial charge in [-0.05, 0) is 42.8 Å². The highest BCUT2D eigenvalue weighted by molar-refractivity contribution is 8.00. The molecule has 3 nitrogen and oxygen atoms in total. The summed E-state index contributed by atoms with van der Waals surface area (Å²) in [6.45, 7) is 3.57. The Morgan fingerprint density at radius 3 is 2.43 bits per heavy atom. The Labute approximate surface area is 132 Å². The number of thiophene rings is 1. The Bertz CT molecular complexity index is 632. The van der Waals surface area contributed by atoms with Crippen LogP contribution in [0.1, 0.15) is 28.4 Å². The maximum atomic E-state index is 12.1. The third kappa shape index (κ3) is 4.72. The van der Waals surface area contributed by atoms with E-state index in [0.29, 0.717) is 5.75 Å². The summed E-state index contributed by atoms with van der Waals surface area (Å²) >= 11 is 3.09. The number of Topliss-reactive ketones (excluding diaryl/α,β-unsaturated/α-hetero) is 1. The van der Waals surface area contributed by atoms with Crippen LogP contribution in [-0.4, -0.2) is 17.4 Å². The number of hydrogen-bond acceptors (Lipinski definition) is 4. The quantitative estimate of drug-likeness (QED) is 0.640. The highest BCUT2D eigenvalue weighted by atomic mass is 32.2. The second kappa shape index (κ2) is 7.43. The van der Waals surface area contributed by atoms with Crippen LogP contribution >= 0.6 is 23.1 Å². The van der Waals surface area contributed by atoms with Crippen molar-refractivity contribution in [3.63, 3.8) is 0 Å². The first kappa shape index (κ1) is 15.8. The molecular weight excluding hydrogens is 302 g/mol. The summed E-state index contributed by atoms with van der Waals surface area (Å²) in [4.78, 5) is 26.1. The number of aryl methyl sites for hydroxylation is 1. The Hall–Kier alpha value is -1.59. The number of hydrogen-bond donors (Lipinski definition) is 1. The van der Waals surface area contributed by atoms with Crippen molar-refractivity contribution >= 4 is 40.5 Å². The number of carbonyl (C=O) groups excluding carboxylic acids is 2. The molecule has 0 unspecified atom stereocenters. The summed E-state index contributed by atoms with van der Waals surface area (Å²) in [7, 11) is 0. The smallest absolute Gasteiger partial charge is 0.221 e. The topological polar surface area (TPSA) is 46.2 Å². The zero-order chi connectivity index (χ0) is 15.2. The maximum Gasteiger partial charge on any atom is 0.221 e. The van der Waals surface area contributed by atoms with Crippen LogP contribution < -0.4 is 5.32 Å². The predicted molar refractivity (Wildman–Crippen MR) is 89.5 cm³/mol. The third-order valence-corrected chi connectivity index (χ3v) is 5.11. The molecule has 0 saturated heterocycles. The van der Waals surface area contributed by atoms with Crippen LogP contribution in [0.5, 0.6) is 0 Å². The molecule has 1 amide bonds. The molecule has 0 radical (unpaired) electrons. The number of rotatable bonds is 6. The van der Waals surface area contributed by atoms with Gasteiger partial charge in [-0.25, -0.2) is 0 Å². The van der Waals surface area contributed by atoms with E-state index >= 15 is 0 Å². The lowest BCUT2D eigenvalue weighted by Gasteiger charge is -2.04. The van der Waals surface area contributed by atoms with Crippen molar-refractivity contribution in [1.29, 1.82) is 0 Å². The summed E-state index contributed by atoms with van der Waals surface area (Å²) in [6.07, 6.45) is 0.968. The van der Waals surface area contributed by atoms with Crippen molar-refractivity contribution in [3.05, 3.63) is 46.2 Å². The first-order valence-electron chi connectivity index (χ1n) is 6.71. The SMILES string of the molecule is CCc1ccc(C(=O)CSc2ccc(NC(C)=O)cc2)s1. The summed E-state index contributed by atoms with van der Waals surface area (Å²) in [5, 5.41) is 2.72. The zero-order valence-electron chi connectivity index (χ0n) is 12.0. The van der Waals surface area contributed by atoms with Crippen LogP contribution in [-0.2, 0) is 11.2 Å². The van der Waals surface area contributed by atoms with Gasteiger partial charge in [0.15, 0.2) is 5.78 Å². The molecule has 1 heterocycles. The van der Waals surface area contributed by atoms with Crippen molar-refractivity contribution in [1.82, 2.24) is 0 Å². The van der Waals surface area contributed by atoms with Gasteiger partial charge in [0.25, 0.3) is 0 Å². The van der Waals surface area contributed by atoms with Gasteiger partial charge in [-0.15, -0.1) is 23.1 Å². The maximum absolute atomic E-state index is 12.1. The van der Waals surface area contributed by atoms with E-state index in [-0.39, 0.29) is 11.7 Å². The molecule has 2 rings (SSSR count). The fourth-order valence-corrected chi connectivity index (χ4v) is 3.53. The normalized spacial score (nSPS) is 10.4. The molecule has 0 saturated carbocycles. The van der Waals surface area contributed by atoms with E-state index in [1.807, 2.05) is 36.4 Å². The average Bonchev–Trinajstić information content (AvgIpc) is 2.94. The fourth-order valence-electron chi connectivity index (χ4n) is 1.78. The number of carbonyl (C=O) groups is 2. The van der Waals surface area contributed by atoms with Crippen LogP contribution in [0, 0.1) is 0 Å². The molecule has 0 aliphatic rings. The number of thioether (sulfide) groups is 1. The molecule has 110 valence electrons. The van der Waals surface area contributed by atoms with E-state index in [9.17, 15) is 9.59 Å². The molecular formula is C16H17NO2S2. The Kier molecular flexibility index (Phi) is 5.59. The summed E-state index contributed by atoms with van der Waals surface area (Å²) < 4.78 is 0. The molecule has 21 heavy (non-hydrogen) atoms. The van der Waals surface area contributed by atoms with E-state index < -0.39 is 0 Å². The number of benzene rings is 1. The number of nitrogens with one attached hydrogen (secondary N) is 1. The van der Waals surface area contributed by atoms with E-state index in [1.54, 1.807) is 11.3 Å². The lowest BCUT2D eigenvalue weighted by molar-refractivity contribution is -0.114. The highest BCUT2D eigenvalue weighted by Crippen LogP contribution is 2.24. The molecule has 5 heteroatoms. The number of anilines is 1. The minimum absolute atomic E-state index is 0.0880. The van der Waals surface area contributed by atoms with E-state index in [4.69, 9.17) is 0 Å². The Morgan fingerprint density at radius 2 is 1.86 bits per heavy atom. The van der Waals surface area contributed by atoms with Gasteiger partial charge in [-0.3, -0.25) is 9.59 Å². The lowest BCUT2D eigenvalue weighted by atomic mass is 10.3. The molecule has 0 atom stereocenters. The van der Waals surface area contributed by atoms with Crippen LogP contribution in [0.2, 0.25) is 0 Å². The molecule has 0 aliphatic carbocycles. The van der Waals surface area contributed by atoms with Gasteiger partial charge in [0, 0.05) is 22.4 Å². The second-order valence-corrected chi connectivity index (χ2v) is 6.75. The van der Waals surface area contributed by atoms with Crippen LogP contribution in [0.15, 0.2) is 41.3 Å². The van der Waals surface area contributed by atoms with Gasteiger partial charge in [-0.2, -0.15) is 0 Å². The minimum atomic E-state index is -0.0880. The van der Waals surface area contributed by atoms with Gasteiger partial charge in [0.05, 0.1) is 10.6 Å². The van der Waals surface area contributed by atoms with Crippen molar-refractivity contribution in [2.45, 2.75) is 25.2 Å². The standard InChI is InChI=1S/C16H17NO2S2/c1-3-13-8-9-16(21-13)15(19)10-20-14-6-4-12(5-7-14)17-11(2)18/h4-9H,3,10H2,1-2H3,(H,17,18). The van der Waals surface area contributed by atoms with Crippen molar-refractivity contribution < 1.29 is 9.59 Å². The predicted octanol–water partition coefficient (Wildman–Crippen LogP) is 4.24. The molecule has 1 aromatic carbocycles. The van der Waals surface area contributed by atoms with Gasteiger partial charge < -0.3 is 5.32 Å². The molecule has 0 aliphatic heterocycles. The largest absolute Gasteiger partial charge is 0.326 e. The average molecular weight is 319 g/mol. The first-order chi connectivity index (χ1) is 10.1. The number of amides is 1.